The summed E-state index contributed by atoms with van der Waals surface area (Å²) in [5.74, 6) is -0.584. The van der Waals surface area contributed by atoms with Gasteiger partial charge in [0.25, 0.3) is 11.8 Å². The van der Waals surface area contributed by atoms with Crippen LogP contribution in [0.1, 0.15) is 26.4 Å². The highest BCUT2D eigenvalue weighted by Crippen LogP contribution is 2.32. The van der Waals surface area contributed by atoms with Gasteiger partial charge in [0.2, 0.25) is 5.88 Å². The lowest BCUT2D eigenvalue weighted by Gasteiger charge is -2.14. The lowest BCUT2D eigenvalue weighted by molar-refractivity contribution is 0.0959. The molecule has 0 aliphatic carbocycles. The van der Waals surface area contributed by atoms with E-state index in [1.54, 1.807) is 24.3 Å². The van der Waals surface area contributed by atoms with Crippen LogP contribution in [0, 0.1) is 0 Å². The Hall–Kier alpha value is -3.74. The number of nitrogens with zero attached hydrogens (tertiary/aromatic N) is 4. The summed E-state index contributed by atoms with van der Waals surface area (Å²) in [4.78, 5) is 35.9. The summed E-state index contributed by atoms with van der Waals surface area (Å²) < 4.78 is 7.59. The van der Waals surface area contributed by atoms with Crippen molar-refractivity contribution in [3.8, 4) is 11.7 Å². The number of halogens is 3. The van der Waals surface area contributed by atoms with E-state index in [2.05, 4.69) is 57.7 Å². The molecule has 2 heterocycles. The lowest BCUT2D eigenvalue weighted by Crippen LogP contribution is -2.27. The third kappa shape index (κ3) is 7.22. The molecule has 0 radical (unpaired) electrons. The summed E-state index contributed by atoms with van der Waals surface area (Å²) in [6, 6.07) is 17.6. The van der Waals surface area contributed by atoms with Crippen molar-refractivity contribution < 1.29 is 19.2 Å². The van der Waals surface area contributed by atoms with Crippen LogP contribution >= 0.6 is 43.5 Å². The van der Waals surface area contributed by atoms with Crippen LogP contribution in [0.15, 0.2) is 81.0 Å². The summed E-state index contributed by atoms with van der Waals surface area (Å²) in [6.07, 6.45) is 2.97. The summed E-state index contributed by atoms with van der Waals surface area (Å²) >= 11 is 13.1. The standard InChI is InChI=1S/C26H21Br2ClN6O4/c1-38-22-14-21(35(34-22)24-20(29)8-5-9-30-24)26(37)33-23-18(12-17(27)13-19(23)28)25(36)31-10-11-32-39-15-16-6-3-2-4-7-16/h2-9,11-14H,10,15H2,1H3,(H,31,36)(H,33,37)/b32-11+. The first-order valence-corrected chi connectivity index (χ1v) is 13.3. The molecule has 2 aromatic carbocycles. The van der Waals surface area contributed by atoms with Crippen molar-refractivity contribution in [1.82, 2.24) is 20.1 Å². The van der Waals surface area contributed by atoms with Crippen LogP contribution < -0.4 is 15.4 Å². The van der Waals surface area contributed by atoms with Gasteiger partial charge in [0.05, 0.1) is 36.1 Å². The average Bonchev–Trinajstić information content (AvgIpc) is 3.37. The van der Waals surface area contributed by atoms with Gasteiger partial charge in [-0.3, -0.25) is 9.59 Å². The quantitative estimate of drug-likeness (QED) is 0.166. The number of ether oxygens (including phenoxy) is 1. The molecule has 0 fully saturated rings. The maximum Gasteiger partial charge on any atom is 0.274 e. The van der Waals surface area contributed by atoms with E-state index < -0.39 is 11.8 Å². The summed E-state index contributed by atoms with van der Waals surface area (Å²) in [5, 5.41) is 13.9. The number of nitrogens with one attached hydrogen (secondary N) is 2. The zero-order valence-electron chi connectivity index (χ0n) is 20.4. The predicted octanol–water partition coefficient (Wildman–Crippen LogP) is 5.64. The lowest BCUT2D eigenvalue weighted by atomic mass is 10.1. The number of benzene rings is 2. The predicted molar refractivity (Wildman–Crippen MR) is 155 cm³/mol. The second-order valence-electron chi connectivity index (χ2n) is 7.81. The summed E-state index contributed by atoms with van der Waals surface area (Å²) in [7, 11) is 1.43. The van der Waals surface area contributed by atoms with Crippen LogP contribution in [0.3, 0.4) is 0 Å². The van der Waals surface area contributed by atoms with Crippen LogP contribution in [0.25, 0.3) is 5.82 Å². The van der Waals surface area contributed by atoms with E-state index >= 15 is 0 Å². The molecular weight excluding hydrogens is 656 g/mol. The highest BCUT2D eigenvalue weighted by Gasteiger charge is 2.23. The van der Waals surface area contributed by atoms with Gasteiger partial charge in [0.15, 0.2) is 5.82 Å². The van der Waals surface area contributed by atoms with Gasteiger partial charge in [-0.1, -0.05) is 63.0 Å². The molecule has 0 bridgehead atoms. The van der Waals surface area contributed by atoms with E-state index in [4.69, 9.17) is 21.2 Å². The Morgan fingerprint density at radius 1 is 1.10 bits per heavy atom. The number of hydrogen-bond acceptors (Lipinski definition) is 7. The molecule has 2 aromatic heterocycles. The Kier molecular flexibility index (Phi) is 9.69. The number of oxime groups is 1. The Balaban J connectivity index is 1.50. The van der Waals surface area contributed by atoms with Gasteiger partial charge in [-0.15, -0.1) is 5.10 Å². The van der Waals surface area contributed by atoms with Gasteiger partial charge in [-0.05, 0) is 45.8 Å². The summed E-state index contributed by atoms with van der Waals surface area (Å²) in [6.45, 7) is 0.415. The van der Waals surface area contributed by atoms with E-state index in [1.807, 2.05) is 30.3 Å². The third-order valence-electron chi connectivity index (χ3n) is 5.18. The molecule has 0 aliphatic heterocycles. The first-order chi connectivity index (χ1) is 18.9. The Morgan fingerprint density at radius 2 is 1.90 bits per heavy atom. The fourth-order valence-electron chi connectivity index (χ4n) is 3.38. The minimum absolute atomic E-state index is 0.0938. The SMILES string of the molecule is COc1cc(C(=O)Nc2c(Br)cc(Br)cc2C(=O)NC/C=N/OCc2ccccc2)n(-c2ncccc2Cl)n1. The molecule has 4 aromatic rings. The number of methoxy groups -OCH3 is 1. The first kappa shape index (κ1) is 28.3. The van der Waals surface area contributed by atoms with Crippen molar-refractivity contribution in [3.63, 3.8) is 0 Å². The minimum Gasteiger partial charge on any atom is -0.480 e. The van der Waals surface area contributed by atoms with Crippen molar-refractivity contribution in [2.75, 3.05) is 19.0 Å². The number of carbonyl (C=O) groups is 2. The fourth-order valence-corrected chi connectivity index (χ4v) is 4.91. The number of amides is 2. The number of aromatic nitrogens is 3. The molecule has 0 saturated carbocycles. The molecule has 0 aliphatic rings. The van der Waals surface area contributed by atoms with Crippen LogP contribution in [0.5, 0.6) is 5.88 Å². The van der Waals surface area contributed by atoms with Crippen molar-refractivity contribution >= 4 is 67.2 Å². The number of rotatable bonds is 10. The highest BCUT2D eigenvalue weighted by atomic mass is 79.9. The fraction of sp³-hybridized carbons (Fsp3) is 0.115. The largest absolute Gasteiger partial charge is 0.480 e. The molecular formula is C26H21Br2ClN6O4. The average molecular weight is 677 g/mol. The first-order valence-electron chi connectivity index (χ1n) is 11.4. The smallest absolute Gasteiger partial charge is 0.274 e. The van der Waals surface area contributed by atoms with E-state index in [0.29, 0.717) is 15.6 Å². The molecule has 200 valence electrons. The van der Waals surface area contributed by atoms with Gasteiger partial charge >= 0.3 is 0 Å². The van der Waals surface area contributed by atoms with Crippen LogP contribution in [0.2, 0.25) is 5.02 Å². The molecule has 0 saturated heterocycles. The van der Waals surface area contributed by atoms with E-state index in [9.17, 15) is 9.59 Å². The minimum atomic E-state index is -0.569. The monoisotopic (exact) mass is 674 g/mol. The highest BCUT2D eigenvalue weighted by molar-refractivity contribution is 9.11. The molecule has 39 heavy (non-hydrogen) atoms. The molecule has 2 N–H and O–H groups in total. The van der Waals surface area contributed by atoms with Crippen molar-refractivity contribution in [1.29, 1.82) is 0 Å². The van der Waals surface area contributed by atoms with Gasteiger partial charge in [-0.2, -0.15) is 0 Å². The zero-order valence-corrected chi connectivity index (χ0v) is 24.3. The van der Waals surface area contributed by atoms with E-state index in [0.717, 1.165) is 5.56 Å². The molecule has 13 heteroatoms. The van der Waals surface area contributed by atoms with Crippen LogP contribution in [-0.2, 0) is 11.4 Å². The van der Waals surface area contributed by atoms with E-state index in [-0.39, 0.29) is 40.2 Å². The van der Waals surface area contributed by atoms with Crippen LogP contribution in [-0.4, -0.2) is 46.4 Å². The second kappa shape index (κ2) is 13.4. The molecule has 4 rings (SSSR count). The molecule has 2 amide bonds. The van der Waals surface area contributed by atoms with E-state index in [1.165, 1.54) is 30.3 Å². The Morgan fingerprint density at radius 3 is 2.64 bits per heavy atom. The number of anilines is 1. The van der Waals surface area contributed by atoms with Crippen LogP contribution in [0.4, 0.5) is 5.69 Å². The number of carbonyl (C=O) groups excluding carboxylic acids is 2. The topological polar surface area (TPSA) is 120 Å². The number of hydrogen-bond donors (Lipinski definition) is 2. The van der Waals surface area contributed by atoms with Crippen molar-refractivity contribution in [2.24, 2.45) is 5.16 Å². The van der Waals surface area contributed by atoms with Gasteiger partial charge in [-0.25, -0.2) is 9.67 Å². The second-order valence-corrected chi connectivity index (χ2v) is 9.99. The van der Waals surface area contributed by atoms with Gasteiger partial charge in [0.1, 0.15) is 12.3 Å². The normalized spacial score (nSPS) is 10.9. The molecule has 0 unspecified atom stereocenters. The van der Waals surface area contributed by atoms with Crippen molar-refractivity contribution in [3.05, 3.63) is 97.6 Å². The Labute approximate surface area is 245 Å². The Bertz CT molecular complexity index is 1510. The maximum absolute atomic E-state index is 13.4. The number of pyridine rings is 1. The molecule has 10 nitrogen and oxygen atoms in total. The zero-order chi connectivity index (χ0) is 27.8. The third-order valence-corrected chi connectivity index (χ3v) is 6.56. The van der Waals surface area contributed by atoms with Gasteiger partial charge < -0.3 is 20.2 Å². The maximum atomic E-state index is 13.4. The van der Waals surface area contributed by atoms with Gasteiger partial charge in [0, 0.05) is 21.2 Å². The summed E-state index contributed by atoms with van der Waals surface area (Å²) in [5.41, 5.74) is 1.52. The molecule has 0 spiro atoms. The molecule has 0 atom stereocenters. The van der Waals surface area contributed by atoms with Crippen molar-refractivity contribution in [2.45, 2.75) is 6.61 Å².